The van der Waals surface area contributed by atoms with Crippen molar-refractivity contribution in [3.8, 4) is 0 Å². The Labute approximate surface area is 160 Å². The Morgan fingerprint density at radius 2 is 1.68 bits per heavy atom. The van der Waals surface area contributed by atoms with Gasteiger partial charge in [0.05, 0.1) is 17.0 Å². The molecule has 0 radical (unpaired) electrons. The molecule has 1 amide bonds. The van der Waals surface area contributed by atoms with E-state index in [1.807, 2.05) is 43.3 Å². The second-order valence-electron chi connectivity index (χ2n) is 6.85. The molecule has 0 unspecified atom stereocenters. The van der Waals surface area contributed by atoms with Gasteiger partial charge in [0, 0.05) is 6.20 Å². The van der Waals surface area contributed by atoms with Gasteiger partial charge in [0.2, 0.25) is 5.76 Å². The molecule has 0 spiro atoms. The van der Waals surface area contributed by atoms with Crippen LogP contribution in [0.2, 0.25) is 0 Å². The number of carbonyl (C=O) groups is 1. The molecule has 3 heterocycles. The summed E-state index contributed by atoms with van der Waals surface area (Å²) in [7, 11) is 0. The van der Waals surface area contributed by atoms with E-state index in [-0.39, 0.29) is 17.1 Å². The highest BCUT2D eigenvalue weighted by Gasteiger charge is 2.44. The summed E-state index contributed by atoms with van der Waals surface area (Å²) in [6.45, 7) is 1.93. The lowest BCUT2D eigenvalue weighted by Crippen LogP contribution is -2.30. The molecule has 136 valence electrons. The number of anilines is 1. The highest BCUT2D eigenvalue weighted by atomic mass is 16.3. The van der Waals surface area contributed by atoms with E-state index < -0.39 is 6.04 Å². The van der Waals surface area contributed by atoms with Gasteiger partial charge in [-0.05, 0) is 36.2 Å². The molecule has 0 saturated carbocycles. The second kappa shape index (κ2) is 6.16. The highest BCUT2D eigenvalue weighted by molar-refractivity contribution is 6.10. The largest absolute Gasteiger partial charge is 0.450 e. The SMILES string of the molecule is Cc1ccc(N2C(=O)c3oc4ccccc4c(=O)c3[C@H]2c2ccccc2)nc1. The monoisotopic (exact) mass is 368 g/mol. The number of benzene rings is 2. The van der Waals surface area contributed by atoms with Gasteiger partial charge in [0.25, 0.3) is 5.91 Å². The summed E-state index contributed by atoms with van der Waals surface area (Å²) in [6.07, 6.45) is 1.71. The van der Waals surface area contributed by atoms with Crippen LogP contribution in [0.5, 0.6) is 0 Å². The minimum atomic E-state index is -0.584. The van der Waals surface area contributed by atoms with Crippen LogP contribution in [0.25, 0.3) is 11.0 Å². The lowest BCUT2D eigenvalue weighted by Gasteiger charge is -2.24. The Morgan fingerprint density at radius 3 is 2.43 bits per heavy atom. The van der Waals surface area contributed by atoms with Crippen molar-refractivity contribution < 1.29 is 9.21 Å². The molecule has 5 heteroatoms. The molecule has 0 N–H and O–H groups in total. The average Bonchev–Trinajstić information content (AvgIpc) is 3.02. The van der Waals surface area contributed by atoms with E-state index >= 15 is 0 Å². The van der Waals surface area contributed by atoms with Crippen LogP contribution in [0, 0.1) is 6.92 Å². The molecule has 5 rings (SSSR count). The van der Waals surface area contributed by atoms with E-state index in [0.29, 0.717) is 22.4 Å². The van der Waals surface area contributed by atoms with E-state index in [2.05, 4.69) is 4.98 Å². The summed E-state index contributed by atoms with van der Waals surface area (Å²) in [5, 5.41) is 0.466. The Kier molecular flexibility index (Phi) is 3.62. The molecule has 28 heavy (non-hydrogen) atoms. The van der Waals surface area contributed by atoms with Crippen molar-refractivity contribution in [1.82, 2.24) is 4.98 Å². The van der Waals surface area contributed by atoms with Gasteiger partial charge in [-0.2, -0.15) is 0 Å². The van der Waals surface area contributed by atoms with Gasteiger partial charge in [-0.3, -0.25) is 14.5 Å². The third kappa shape index (κ3) is 2.36. The molecular formula is C23H16N2O3. The Hall–Kier alpha value is -3.73. The topological polar surface area (TPSA) is 63.4 Å². The lowest BCUT2D eigenvalue weighted by atomic mass is 9.98. The first-order valence-electron chi connectivity index (χ1n) is 9.02. The first kappa shape index (κ1) is 16.4. The van der Waals surface area contributed by atoms with Crippen molar-refractivity contribution in [1.29, 1.82) is 0 Å². The smallest absolute Gasteiger partial charge is 0.296 e. The van der Waals surface area contributed by atoms with Gasteiger partial charge < -0.3 is 4.42 Å². The maximum atomic E-state index is 13.3. The van der Waals surface area contributed by atoms with Crippen LogP contribution in [0.4, 0.5) is 5.82 Å². The molecule has 0 aliphatic carbocycles. The summed E-state index contributed by atoms with van der Waals surface area (Å²) in [6, 6.07) is 19.6. The molecule has 0 fully saturated rings. The van der Waals surface area contributed by atoms with Crippen molar-refractivity contribution in [2.24, 2.45) is 0 Å². The fraction of sp³-hybridized carbons (Fsp3) is 0.0870. The number of hydrogen-bond acceptors (Lipinski definition) is 4. The molecular weight excluding hydrogens is 352 g/mol. The Balaban J connectivity index is 1.82. The molecule has 1 aliphatic rings. The Morgan fingerprint density at radius 1 is 0.929 bits per heavy atom. The van der Waals surface area contributed by atoms with Crippen LogP contribution < -0.4 is 10.3 Å². The minimum absolute atomic E-state index is 0.0833. The van der Waals surface area contributed by atoms with Crippen molar-refractivity contribution in [3.63, 3.8) is 0 Å². The van der Waals surface area contributed by atoms with E-state index in [9.17, 15) is 9.59 Å². The summed E-state index contributed by atoms with van der Waals surface area (Å²) in [5.41, 5.74) is 2.40. The summed E-state index contributed by atoms with van der Waals surface area (Å²) >= 11 is 0. The van der Waals surface area contributed by atoms with Gasteiger partial charge in [0.15, 0.2) is 5.43 Å². The van der Waals surface area contributed by atoms with Gasteiger partial charge in [-0.25, -0.2) is 4.98 Å². The third-order valence-corrected chi connectivity index (χ3v) is 5.04. The third-order valence-electron chi connectivity index (χ3n) is 5.04. The molecule has 1 aliphatic heterocycles. The maximum Gasteiger partial charge on any atom is 0.296 e. The standard InChI is InChI=1S/C23H16N2O3/c1-14-11-12-18(24-13-14)25-20(15-7-3-2-4-8-15)19-21(26)16-9-5-6-10-17(16)28-22(19)23(25)27/h2-13,20H,1H3/t20-/m1/s1. The number of fused-ring (bicyclic) bond motifs is 2. The molecule has 4 aromatic rings. The first-order chi connectivity index (χ1) is 13.6. The van der Waals surface area contributed by atoms with Crippen LogP contribution in [-0.2, 0) is 0 Å². The maximum absolute atomic E-state index is 13.3. The average molecular weight is 368 g/mol. The number of aryl methyl sites for hydroxylation is 1. The number of pyridine rings is 1. The van der Waals surface area contributed by atoms with Gasteiger partial charge in [-0.1, -0.05) is 48.5 Å². The Bertz CT molecular complexity index is 1260. The van der Waals surface area contributed by atoms with Crippen molar-refractivity contribution in [2.45, 2.75) is 13.0 Å². The number of amides is 1. The minimum Gasteiger partial charge on any atom is -0.450 e. The van der Waals surface area contributed by atoms with Gasteiger partial charge in [-0.15, -0.1) is 0 Å². The number of aromatic nitrogens is 1. The van der Waals surface area contributed by atoms with E-state index in [1.54, 1.807) is 41.4 Å². The summed E-state index contributed by atoms with van der Waals surface area (Å²) < 4.78 is 5.91. The number of carbonyl (C=O) groups excluding carboxylic acids is 1. The quantitative estimate of drug-likeness (QED) is 0.531. The van der Waals surface area contributed by atoms with Crippen LogP contribution in [0.1, 0.15) is 33.3 Å². The number of hydrogen-bond donors (Lipinski definition) is 0. The van der Waals surface area contributed by atoms with Gasteiger partial charge >= 0.3 is 0 Å². The van der Waals surface area contributed by atoms with Gasteiger partial charge in [0.1, 0.15) is 11.4 Å². The van der Waals surface area contributed by atoms with E-state index in [1.165, 1.54) is 0 Å². The normalized spacial score (nSPS) is 15.8. The zero-order valence-electron chi connectivity index (χ0n) is 15.1. The molecule has 0 saturated heterocycles. The molecule has 5 nitrogen and oxygen atoms in total. The predicted molar refractivity (Wildman–Crippen MR) is 107 cm³/mol. The number of nitrogens with zero attached hydrogens (tertiary/aromatic N) is 2. The first-order valence-corrected chi connectivity index (χ1v) is 9.02. The zero-order chi connectivity index (χ0) is 19.3. The number of para-hydroxylation sites is 1. The number of rotatable bonds is 2. The van der Waals surface area contributed by atoms with Crippen molar-refractivity contribution >= 4 is 22.7 Å². The van der Waals surface area contributed by atoms with Crippen LogP contribution in [0.15, 0.2) is 82.1 Å². The fourth-order valence-electron chi connectivity index (χ4n) is 3.71. The van der Waals surface area contributed by atoms with E-state index in [0.717, 1.165) is 11.1 Å². The predicted octanol–water partition coefficient (Wildman–Crippen LogP) is 4.25. The fourth-order valence-corrected chi connectivity index (χ4v) is 3.71. The lowest BCUT2D eigenvalue weighted by molar-refractivity contribution is 0.0970. The van der Waals surface area contributed by atoms with Crippen molar-refractivity contribution in [2.75, 3.05) is 4.90 Å². The zero-order valence-corrected chi connectivity index (χ0v) is 15.1. The summed E-state index contributed by atoms with van der Waals surface area (Å²) in [5.74, 6) is 0.210. The van der Waals surface area contributed by atoms with Crippen molar-refractivity contribution in [3.05, 3.63) is 106 Å². The summed E-state index contributed by atoms with van der Waals surface area (Å²) in [4.78, 5) is 32.6. The van der Waals surface area contributed by atoms with Crippen LogP contribution >= 0.6 is 0 Å². The second-order valence-corrected chi connectivity index (χ2v) is 6.85. The van der Waals surface area contributed by atoms with Crippen LogP contribution in [-0.4, -0.2) is 10.9 Å². The van der Waals surface area contributed by atoms with E-state index in [4.69, 9.17) is 4.42 Å². The molecule has 2 aromatic carbocycles. The molecule has 1 atom stereocenters. The molecule has 2 aromatic heterocycles. The molecule has 0 bridgehead atoms. The highest BCUT2D eigenvalue weighted by Crippen LogP contribution is 2.40. The van der Waals surface area contributed by atoms with Crippen LogP contribution in [0.3, 0.4) is 0 Å².